The highest BCUT2D eigenvalue weighted by molar-refractivity contribution is 5.94. The molecule has 1 aliphatic rings. The fourth-order valence-electron chi connectivity index (χ4n) is 3.44. The summed E-state index contributed by atoms with van der Waals surface area (Å²) in [7, 11) is 0. The number of likely N-dealkylation sites (tertiary alicyclic amines) is 1. The number of pyridine rings is 1. The maximum absolute atomic E-state index is 13.1. The van der Waals surface area contributed by atoms with Crippen LogP contribution in [0.1, 0.15) is 22.3 Å². The summed E-state index contributed by atoms with van der Waals surface area (Å²) in [4.78, 5) is 40.0. The Kier molecular flexibility index (Phi) is 5.09. The van der Waals surface area contributed by atoms with Crippen molar-refractivity contribution in [2.75, 3.05) is 13.1 Å². The first kappa shape index (κ1) is 18.8. The summed E-state index contributed by atoms with van der Waals surface area (Å²) in [5.41, 5.74) is -1.36. The molecule has 0 saturated carbocycles. The molecule has 0 aliphatic carbocycles. The van der Waals surface area contributed by atoms with Gasteiger partial charge in [-0.05, 0) is 36.6 Å². The summed E-state index contributed by atoms with van der Waals surface area (Å²) in [6.07, 6.45) is 0.214. The lowest BCUT2D eigenvalue weighted by atomic mass is 9.72. The third kappa shape index (κ3) is 3.75. The van der Waals surface area contributed by atoms with Crippen molar-refractivity contribution in [1.82, 2.24) is 9.88 Å². The Morgan fingerprint density at radius 2 is 1.96 bits per heavy atom. The van der Waals surface area contributed by atoms with Crippen LogP contribution in [0.5, 0.6) is 0 Å². The Hall–Kier alpha value is -3.00. The molecule has 1 fully saturated rings. The molecule has 1 saturated heterocycles. The monoisotopic (exact) mass is 374 g/mol. The molecule has 0 radical (unpaired) electrons. The number of carbonyl (C=O) groups excluding carboxylic acids is 1. The molecule has 3 N–H and O–H groups in total. The van der Waals surface area contributed by atoms with E-state index in [2.05, 4.69) is 4.98 Å². The number of carboxylic acid groups (broad SMARTS) is 1. The standard InChI is InChI=1S/C19H19FN2O5/c20-14-3-1-12(2-4-14)10-19(18(26)27)11-22(8-6-15(19)23)17(25)13-5-7-21-16(24)9-13/h1-5,7,9,15,23H,6,8,10-11H2,(H,21,24)(H,26,27)/t15-,19+/m0/s1. The van der Waals surface area contributed by atoms with Crippen LogP contribution in [0.15, 0.2) is 47.4 Å². The number of nitrogens with zero attached hydrogens (tertiary/aromatic N) is 1. The summed E-state index contributed by atoms with van der Waals surface area (Å²) >= 11 is 0. The average molecular weight is 374 g/mol. The Morgan fingerprint density at radius 3 is 2.59 bits per heavy atom. The minimum atomic E-state index is -1.62. The van der Waals surface area contributed by atoms with Crippen LogP contribution >= 0.6 is 0 Å². The van der Waals surface area contributed by atoms with E-state index in [0.29, 0.717) is 5.56 Å². The number of piperidine rings is 1. The first-order valence-corrected chi connectivity index (χ1v) is 8.46. The zero-order chi connectivity index (χ0) is 19.6. The summed E-state index contributed by atoms with van der Waals surface area (Å²) in [5, 5.41) is 20.3. The number of aromatic nitrogens is 1. The van der Waals surface area contributed by atoms with Crippen LogP contribution in [0, 0.1) is 11.2 Å². The van der Waals surface area contributed by atoms with Gasteiger partial charge in [-0.3, -0.25) is 14.4 Å². The molecule has 1 aromatic heterocycles. The lowest BCUT2D eigenvalue weighted by molar-refractivity contribution is -0.161. The van der Waals surface area contributed by atoms with E-state index in [1.807, 2.05) is 0 Å². The summed E-state index contributed by atoms with van der Waals surface area (Å²) < 4.78 is 13.1. The quantitative estimate of drug-likeness (QED) is 0.740. The van der Waals surface area contributed by atoms with E-state index >= 15 is 0 Å². The van der Waals surface area contributed by atoms with Crippen molar-refractivity contribution in [2.45, 2.75) is 18.9 Å². The number of aromatic amines is 1. The lowest BCUT2D eigenvalue weighted by Gasteiger charge is -2.43. The van der Waals surface area contributed by atoms with Gasteiger partial charge in [-0.25, -0.2) is 4.39 Å². The lowest BCUT2D eigenvalue weighted by Crippen LogP contribution is -2.58. The Morgan fingerprint density at radius 1 is 1.26 bits per heavy atom. The summed E-state index contributed by atoms with van der Waals surface area (Å²) in [6.45, 7) is -0.0439. The van der Waals surface area contributed by atoms with E-state index < -0.39 is 34.8 Å². The van der Waals surface area contributed by atoms with Gasteiger partial charge >= 0.3 is 5.97 Å². The number of aliphatic hydroxyl groups excluding tert-OH is 1. The number of rotatable bonds is 4. The Bertz CT molecular complexity index is 911. The third-order valence-electron chi connectivity index (χ3n) is 4.95. The van der Waals surface area contributed by atoms with Gasteiger partial charge in [-0.2, -0.15) is 0 Å². The highest BCUT2D eigenvalue weighted by Crippen LogP contribution is 2.35. The van der Waals surface area contributed by atoms with Crippen molar-refractivity contribution in [3.63, 3.8) is 0 Å². The molecule has 2 atom stereocenters. The van der Waals surface area contributed by atoms with Crippen LogP contribution in [0.2, 0.25) is 0 Å². The fraction of sp³-hybridized carbons (Fsp3) is 0.316. The van der Waals surface area contributed by atoms with Crippen LogP contribution in [-0.4, -0.2) is 51.2 Å². The van der Waals surface area contributed by atoms with Crippen LogP contribution in [-0.2, 0) is 11.2 Å². The molecule has 0 spiro atoms. The van der Waals surface area contributed by atoms with Crippen molar-refractivity contribution >= 4 is 11.9 Å². The highest BCUT2D eigenvalue weighted by atomic mass is 19.1. The van der Waals surface area contributed by atoms with Crippen molar-refractivity contribution in [3.05, 3.63) is 69.9 Å². The first-order valence-electron chi connectivity index (χ1n) is 8.46. The van der Waals surface area contributed by atoms with E-state index in [9.17, 15) is 29.0 Å². The molecule has 2 heterocycles. The van der Waals surface area contributed by atoms with E-state index in [0.717, 1.165) is 6.07 Å². The predicted octanol–water partition coefficient (Wildman–Crippen LogP) is 1.03. The molecule has 3 rings (SSSR count). The fourth-order valence-corrected chi connectivity index (χ4v) is 3.44. The normalized spacial score (nSPS) is 22.4. The number of hydrogen-bond acceptors (Lipinski definition) is 4. The second kappa shape index (κ2) is 7.32. The maximum atomic E-state index is 13.1. The number of halogens is 1. The largest absolute Gasteiger partial charge is 0.481 e. The third-order valence-corrected chi connectivity index (χ3v) is 4.95. The van der Waals surface area contributed by atoms with Gasteiger partial charge in [0.1, 0.15) is 11.2 Å². The number of benzene rings is 1. The van der Waals surface area contributed by atoms with Crippen molar-refractivity contribution in [2.24, 2.45) is 5.41 Å². The summed E-state index contributed by atoms with van der Waals surface area (Å²) in [6, 6.07) is 7.96. The van der Waals surface area contributed by atoms with Crippen molar-refractivity contribution in [3.8, 4) is 0 Å². The number of aliphatic carboxylic acids is 1. The van der Waals surface area contributed by atoms with Gasteiger partial charge in [-0.15, -0.1) is 0 Å². The van der Waals surface area contributed by atoms with Crippen molar-refractivity contribution < 1.29 is 24.2 Å². The molecule has 1 aromatic carbocycles. The van der Waals surface area contributed by atoms with Gasteiger partial charge in [-0.1, -0.05) is 12.1 Å². The van der Waals surface area contributed by atoms with E-state index in [-0.39, 0.29) is 31.5 Å². The number of nitrogens with one attached hydrogen (secondary N) is 1. The summed E-state index contributed by atoms with van der Waals surface area (Å²) in [5.74, 6) is -2.15. The number of amides is 1. The van der Waals surface area contributed by atoms with Gasteiger partial charge in [0.15, 0.2) is 0 Å². The minimum Gasteiger partial charge on any atom is -0.481 e. The van der Waals surface area contributed by atoms with E-state index in [4.69, 9.17) is 0 Å². The van der Waals surface area contributed by atoms with Gasteiger partial charge in [0, 0.05) is 30.9 Å². The number of hydrogen-bond donors (Lipinski definition) is 3. The zero-order valence-electron chi connectivity index (χ0n) is 14.4. The van der Waals surface area contributed by atoms with Gasteiger partial charge in [0.2, 0.25) is 5.56 Å². The smallest absolute Gasteiger partial charge is 0.314 e. The van der Waals surface area contributed by atoms with E-state index in [1.165, 1.54) is 41.4 Å². The molecule has 0 bridgehead atoms. The number of carbonyl (C=O) groups is 2. The van der Waals surface area contributed by atoms with Gasteiger partial charge in [0.05, 0.1) is 6.10 Å². The molecule has 8 heteroatoms. The SMILES string of the molecule is O=C(c1cc[nH]c(=O)c1)N1CC[C@H](O)[C@](Cc2ccc(F)cc2)(C(=O)O)C1. The number of aliphatic hydroxyl groups is 1. The Labute approximate surface area is 154 Å². The molecule has 7 nitrogen and oxygen atoms in total. The van der Waals surface area contributed by atoms with Crippen LogP contribution in [0.25, 0.3) is 0 Å². The molecule has 27 heavy (non-hydrogen) atoms. The average Bonchev–Trinajstić information content (AvgIpc) is 2.64. The van der Waals surface area contributed by atoms with Gasteiger partial charge in [0.25, 0.3) is 5.91 Å². The van der Waals surface area contributed by atoms with Gasteiger partial charge < -0.3 is 20.1 Å². The second-order valence-corrected chi connectivity index (χ2v) is 6.74. The molecule has 1 aliphatic heterocycles. The topological polar surface area (TPSA) is 111 Å². The molecule has 2 aromatic rings. The van der Waals surface area contributed by atoms with Crippen molar-refractivity contribution in [1.29, 1.82) is 0 Å². The molecular weight excluding hydrogens is 355 g/mol. The highest BCUT2D eigenvalue weighted by Gasteiger charge is 2.50. The molecule has 142 valence electrons. The predicted molar refractivity (Wildman–Crippen MR) is 93.8 cm³/mol. The number of H-pyrrole nitrogens is 1. The van der Waals surface area contributed by atoms with E-state index in [1.54, 1.807) is 0 Å². The molecule has 0 unspecified atom stereocenters. The maximum Gasteiger partial charge on any atom is 0.314 e. The Balaban J connectivity index is 1.90. The van der Waals surface area contributed by atoms with Crippen LogP contribution in [0.4, 0.5) is 4.39 Å². The van der Waals surface area contributed by atoms with Crippen LogP contribution < -0.4 is 5.56 Å². The minimum absolute atomic E-state index is 0.0526. The van der Waals surface area contributed by atoms with Crippen LogP contribution in [0.3, 0.4) is 0 Å². The molecular formula is C19H19FN2O5. The number of carboxylic acids is 1. The zero-order valence-corrected chi connectivity index (χ0v) is 14.4. The molecule has 1 amide bonds. The first-order chi connectivity index (χ1) is 12.8. The second-order valence-electron chi connectivity index (χ2n) is 6.74.